The number of benzene rings is 1. The largest absolute Gasteiger partial charge is 0.357 e. The third-order valence-corrected chi connectivity index (χ3v) is 7.24. The van der Waals surface area contributed by atoms with Crippen LogP contribution in [0.1, 0.15) is 19.5 Å². The molecule has 0 unspecified atom stereocenters. The zero-order chi connectivity index (χ0) is 21.0. The number of aromatic nitrogens is 2. The molecule has 0 radical (unpaired) electrons. The van der Waals surface area contributed by atoms with Gasteiger partial charge in [0, 0.05) is 36.2 Å². The Hall–Kier alpha value is -2.36. The van der Waals surface area contributed by atoms with Gasteiger partial charge in [0.15, 0.2) is 0 Å². The Kier molecular flexibility index (Phi) is 6.61. The molecule has 3 aromatic rings. The lowest BCUT2D eigenvalue weighted by Crippen LogP contribution is -2.23. The molecule has 7 nitrogen and oxygen atoms in total. The van der Waals surface area contributed by atoms with Gasteiger partial charge in [-0.2, -0.15) is 4.98 Å². The molecule has 10 heteroatoms. The van der Waals surface area contributed by atoms with E-state index >= 15 is 0 Å². The minimum Gasteiger partial charge on any atom is -0.357 e. The summed E-state index contributed by atoms with van der Waals surface area (Å²) in [6.07, 6.45) is 0. The number of aryl methyl sites for hydroxylation is 1. The van der Waals surface area contributed by atoms with Crippen LogP contribution in [0.5, 0.6) is 0 Å². The van der Waals surface area contributed by atoms with Gasteiger partial charge in [0.05, 0.1) is 4.34 Å². The highest BCUT2D eigenvalue weighted by atomic mass is 35.5. The fourth-order valence-corrected chi connectivity index (χ4v) is 5.26. The number of halogens is 1. The van der Waals surface area contributed by atoms with Crippen LogP contribution in [0.15, 0.2) is 46.7 Å². The van der Waals surface area contributed by atoms with Crippen molar-refractivity contribution in [2.75, 3.05) is 28.0 Å². The van der Waals surface area contributed by atoms with Crippen LogP contribution >= 0.6 is 22.9 Å². The molecule has 0 aliphatic carbocycles. The molecular weight excluding hydrogens is 430 g/mol. The van der Waals surface area contributed by atoms with Gasteiger partial charge in [-0.25, -0.2) is 13.4 Å². The molecule has 154 valence electrons. The van der Waals surface area contributed by atoms with Crippen LogP contribution < -0.4 is 14.9 Å². The zero-order valence-electron chi connectivity index (χ0n) is 16.3. The Morgan fingerprint density at radius 2 is 1.69 bits per heavy atom. The Labute approximate surface area is 179 Å². The van der Waals surface area contributed by atoms with Crippen molar-refractivity contribution in [3.63, 3.8) is 0 Å². The van der Waals surface area contributed by atoms with E-state index in [1.807, 2.05) is 13.0 Å². The maximum atomic E-state index is 12.4. The standard InChI is InChI=1S/C19H22ClN5O2S2/c1-4-25(5-2)17-12-13(3)21-19(23-17)22-14-6-8-15(9-7-14)24-29(26,27)18-11-10-16(20)28-18/h6-12,24H,4-5H2,1-3H3,(H,21,22,23). The van der Waals surface area contributed by atoms with Gasteiger partial charge in [-0.15, -0.1) is 11.3 Å². The molecule has 0 saturated carbocycles. The lowest BCUT2D eigenvalue weighted by Gasteiger charge is -2.20. The first-order chi connectivity index (χ1) is 13.8. The van der Waals surface area contributed by atoms with Crippen LogP contribution in [0.3, 0.4) is 0 Å². The first kappa shape index (κ1) is 21.4. The number of hydrogen-bond donors (Lipinski definition) is 2. The van der Waals surface area contributed by atoms with Gasteiger partial charge in [-0.1, -0.05) is 11.6 Å². The van der Waals surface area contributed by atoms with Crippen molar-refractivity contribution in [3.8, 4) is 0 Å². The van der Waals surface area contributed by atoms with Crippen LogP contribution in [0.25, 0.3) is 0 Å². The number of hydrogen-bond acceptors (Lipinski definition) is 7. The molecule has 1 aromatic carbocycles. The highest BCUT2D eigenvalue weighted by Crippen LogP contribution is 2.28. The van der Waals surface area contributed by atoms with Gasteiger partial charge in [-0.3, -0.25) is 4.72 Å². The van der Waals surface area contributed by atoms with Crippen molar-refractivity contribution in [1.29, 1.82) is 0 Å². The maximum absolute atomic E-state index is 12.4. The van der Waals surface area contributed by atoms with E-state index in [0.29, 0.717) is 16.0 Å². The van der Waals surface area contributed by atoms with Gasteiger partial charge in [0.25, 0.3) is 10.0 Å². The second-order valence-corrected chi connectivity index (χ2v) is 9.85. The maximum Gasteiger partial charge on any atom is 0.271 e. The summed E-state index contributed by atoms with van der Waals surface area (Å²) in [5.41, 5.74) is 2.07. The normalized spacial score (nSPS) is 11.3. The number of sulfonamides is 1. The molecule has 29 heavy (non-hydrogen) atoms. The number of nitrogens with zero attached hydrogens (tertiary/aromatic N) is 3. The molecule has 0 bridgehead atoms. The molecule has 0 amide bonds. The van der Waals surface area contributed by atoms with Gasteiger partial charge in [0.1, 0.15) is 10.0 Å². The number of rotatable bonds is 8. The van der Waals surface area contributed by atoms with Crippen LogP contribution in [0.4, 0.5) is 23.1 Å². The molecule has 0 atom stereocenters. The van der Waals surface area contributed by atoms with E-state index in [4.69, 9.17) is 11.6 Å². The number of anilines is 4. The Morgan fingerprint density at radius 3 is 2.28 bits per heavy atom. The summed E-state index contributed by atoms with van der Waals surface area (Å²) >= 11 is 6.84. The van der Waals surface area contributed by atoms with Crippen molar-refractivity contribution in [1.82, 2.24) is 9.97 Å². The van der Waals surface area contributed by atoms with Gasteiger partial charge < -0.3 is 10.2 Å². The molecule has 2 heterocycles. The second kappa shape index (κ2) is 8.98. The first-order valence-electron chi connectivity index (χ1n) is 9.06. The summed E-state index contributed by atoms with van der Waals surface area (Å²) in [7, 11) is -3.66. The summed E-state index contributed by atoms with van der Waals surface area (Å²) in [5.74, 6) is 1.36. The summed E-state index contributed by atoms with van der Waals surface area (Å²) in [6, 6.07) is 11.9. The van der Waals surface area contributed by atoms with Gasteiger partial charge in [0.2, 0.25) is 5.95 Å². The lowest BCUT2D eigenvalue weighted by atomic mass is 10.3. The Balaban J connectivity index is 1.74. The van der Waals surface area contributed by atoms with E-state index in [1.54, 1.807) is 30.3 Å². The van der Waals surface area contributed by atoms with Crippen LogP contribution in [-0.4, -0.2) is 31.5 Å². The van der Waals surface area contributed by atoms with E-state index in [9.17, 15) is 8.42 Å². The average molecular weight is 452 g/mol. The molecule has 2 N–H and O–H groups in total. The minimum atomic E-state index is -3.66. The van der Waals surface area contributed by atoms with E-state index < -0.39 is 10.0 Å². The Bertz CT molecular complexity index is 1080. The molecule has 3 rings (SSSR count). The fourth-order valence-electron chi connectivity index (χ4n) is 2.72. The molecule has 0 aliphatic rings. The van der Waals surface area contributed by atoms with Crippen molar-refractivity contribution in [3.05, 3.63) is 52.5 Å². The Morgan fingerprint density at radius 1 is 1.03 bits per heavy atom. The number of thiophene rings is 1. The topological polar surface area (TPSA) is 87.2 Å². The molecular formula is C19H22ClN5O2S2. The van der Waals surface area contributed by atoms with Crippen LogP contribution in [0.2, 0.25) is 4.34 Å². The summed E-state index contributed by atoms with van der Waals surface area (Å²) in [6.45, 7) is 7.80. The monoisotopic (exact) mass is 451 g/mol. The number of nitrogens with one attached hydrogen (secondary N) is 2. The van der Waals surface area contributed by atoms with Crippen LogP contribution in [0, 0.1) is 6.92 Å². The van der Waals surface area contributed by atoms with Crippen molar-refractivity contribution in [2.45, 2.75) is 25.0 Å². The van der Waals surface area contributed by atoms with E-state index in [1.165, 1.54) is 6.07 Å². The summed E-state index contributed by atoms with van der Waals surface area (Å²) in [4.78, 5) is 11.2. The average Bonchev–Trinajstić information content (AvgIpc) is 3.11. The smallest absolute Gasteiger partial charge is 0.271 e. The van der Waals surface area contributed by atoms with E-state index in [0.717, 1.165) is 41.6 Å². The van der Waals surface area contributed by atoms with E-state index in [2.05, 4.69) is 38.8 Å². The minimum absolute atomic E-state index is 0.168. The highest BCUT2D eigenvalue weighted by molar-refractivity contribution is 7.94. The molecule has 0 fully saturated rings. The van der Waals surface area contributed by atoms with Gasteiger partial charge in [-0.05, 0) is 57.2 Å². The van der Waals surface area contributed by atoms with Crippen molar-refractivity contribution in [2.24, 2.45) is 0 Å². The third kappa shape index (κ3) is 5.37. The van der Waals surface area contributed by atoms with Gasteiger partial charge >= 0.3 is 0 Å². The third-order valence-electron chi connectivity index (χ3n) is 4.13. The quantitative estimate of drug-likeness (QED) is 0.507. The molecule has 2 aromatic heterocycles. The predicted octanol–water partition coefficient (Wildman–Crippen LogP) is 4.89. The predicted molar refractivity (Wildman–Crippen MR) is 120 cm³/mol. The fraction of sp³-hybridized carbons (Fsp3) is 0.263. The van der Waals surface area contributed by atoms with E-state index in [-0.39, 0.29) is 4.21 Å². The highest BCUT2D eigenvalue weighted by Gasteiger charge is 2.16. The molecule has 0 aliphatic heterocycles. The molecule has 0 spiro atoms. The van der Waals surface area contributed by atoms with Crippen molar-refractivity contribution >= 4 is 56.1 Å². The second-order valence-electron chi connectivity index (χ2n) is 6.23. The van der Waals surface area contributed by atoms with Crippen molar-refractivity contribution < 1.29 is 8.42 Å². The summed E-state index contributed by atoms with van der Waals surface area (Å²) in [5, 5.41) is 3.17. The van der Waals surface area contributed by atoms with Crippen LogP contribution in [-0.2, 0) is 10.0 Å². The summed E-state index contributed by atoms with van der Waals surface area (Å²) < 4.78 is 27.9. The first-order valence-corrected chi connectivity index (χ1v) is 11.7. The lowest BCUT2D eigenvalue weighted by molar-refractivity contribution is 0.603. The molecule has 0 saturated heterocycles. The SMILES string of the molecule is CCN(CC)c1cc(C)nc(Nc2ccc(NS(=O)(=O)c3ccc(Cl)s3)cc2)n1. The zero-order valence-corrected chi connectivity index (χ0v) is 18.7.